The van der Waals surface area contributed by atoms with Gasteiger partial charge in [-0.25, -0.2) is 0 Å². The Hall–Kier alpha value is -0.420. The molecule has 0 saturated carbocycles. The van der Waals surface area contributed by atoms with E-state index in [-0.39, 0.29) is 0 Å². The molecule has 17 heavy (non-hydrogen) atoms. The number of rotatable bonds is 8. The summed E-state index contributed by atoms with van der Waals surface area (Å²) >= 11 is 0. The predicted octanol–water partition coefficient (Wildman–Crippen LogP) is 1.53. The molecule has 0 amide bonds. The van der Waals surface area contributed by atoms with Crippen LogP contribution in [-0.4, -0.2) is 50.3 Å². The van der Waals surface area contributed by atoms with Gasteiger partial charge in [-0.2, -0.15) is 0 Å². The SMILES string of the molecule is COCCC[C@@](C)(O)C[C@@]1(COC)C=CCO1. The first-order valence-corrected chi connectivity index (χ1v) is 6.05. The molecule has 0 aliphatic carbocycles. The maximum atomic E-state index is 10.4. The van der Waals surface area contributed by atoms with Crippen LogP contribution < -0.4 is 0 Å². The molecule has 1 aliphatic heterocycles. The van der Waals surface area contributed by atoms with Gasteiger partial charge in [0.1, 0.15) is 5.60 Å². The van der Waals surface area contributed by atoms with Crippen LogP contribution >= 0.6 is 0 Å². The summed E-state index contributed by atoms with van der Waals surface area (Å²) in [5, 5.41) is 10.4. The highest BCUT2D eigenvalue weighted by molar-refractivity contribution is 5.10. The molecule has 0 fully saturated rings. The van der Waals surface area contributed by atoms with Crippen LogP contribution in [0.2, 0.25) is 0 Å². The van der Waals surface area contributed by atoms with Gasteiger partial charge in [0.15, 0.2) is 0 Å². The third kappa shape index (κ3) is 4.76. The number of hydrogen-bond donors (Lipinski definition) is 1. The smallest absolute Gasteiger partial charge is 0.113 e. The van der Waals surface area contributed by atoms with Crippen molar-refractivity contribution in [2.45, 2.75) is 37.4 Å². The van der Waals surface area contributed by atoms with Gasteiger partial charge in [0.25, 0.3) is 0 Å². The quantitative estimate of drug-likeness (QED) is 0.519. The second-order valence-electron chi connectivity index (χ2n) is 4.98. The highest BCUT2D eigenvalue weighted by Gasteiger charge is 2.38. The summed E-state index contributed by atoms with van der Waals surface area (Å²) in [6, 6.07) is 0. The van der Waals surface area contributed by atoms with Crippen LogP contribution in [0.1, 0.15) is 26.2 Å². The Morgan fingerprint density at radius 2 is 2.18 bits per heavy atom. The topological polar surface area (TPSA) is 47.9 Å². The molecule has 0 spiro atoms. The van der Waals surface area contributed by atoms with Crippen LogP contribution in [0, 0.1) is 0 Å². The van der Waals surface area contributed by atoms with Crippen molar-refractivity contribution in [3.63, 3.8) is 0 Å². The zero-order chi connectivity index (χ0) is 12.8. The maximum absolute atomic E-state index is 10.4. The van der Waals surface area contributed by atoms with Crippen molar-refractivity contribution in [1.29, 1.82) is 0 Å². The van der Waals surface area contributed by atoms with Crippen LogP contribution in [0.15, 0.2) is 12.2 Å². The van der Waals surface area contributed by atoms with Crippen molar-refractivity contribution in [1.82, 2.24) is 0 Å². The average Bonchev–Trinajstić information content (AvgIpc) is 2.66. The Bertz CT molecular complexity index is 250. The summed E-state index contributed by atoms with van der Waals surface area (Å²) < 4.78 is 15.9. The lowest BCUT2D eigenvalue weighted by Crippen LogP contribution is -2.42. The number of aliphatic hydroxyl groups is 1. The van der Waals surface area contributed by atoms with E-state index in [4.69, 9.17) is 14.2 Å². The summed E-state index contributed by atoms with van der Waals surface area (Å²) in [7, 11) is 3.32. The molecule has 2 atom stereocenters. The largest absolute Gasteiger partial charge is 0.390 e. The second-order valence-corrected chi connectivity index (χ2v) is 4.98. The molecule has 0 unspecified atom stereocenters. The molecule has 0 radical (unpaired) electrons. The molecule has 4 heteroatoms. The summed E-state index contributed by atoms with van der Waals surface area (Å²) in [4.78, 5) is 0. The molecular weight excluding hydrogens is 220 g/mol. The van der Waals surface area contributed by atoms with Gasteiger partial charge in [-0.15, -0.1) is 0 Å². The van der Waals surface area contributed by atoms with Crippen molar-refractivity contribution in [2.75, 3.05) is 34.0 Å². The standard InChI is InChI=1S/C13H24O4/c1-12(14,6-4-8-15-2)10-13(11-16-3)7-5-9-17-13/h5,7,14H,4,6,8-11H2,1-3H3/t12-,13-/m1/s1. The fourth-order valence-electron chi connectivity index (χ4n) is 2.35. The summed E-state index contributed by atoms with van der Waals surface area (Å²) in [5.41, 5.74) is -1.23. The minimum Gasteiger partial charge on any atom is -0.390 e. The van der Waals surface area contributed by atoms with Gasteiger partial charge in [0.05, 0.1) is 18.8 Å². The van der Waals surface area contributed by atoms with Crippen molar-refractivity contribution in [2.24, 2.45) is 0 Å². The second kappa shape index (κ2) is 6.50. The first-order valence-electron chi connectivity index (χ1n) is 6.05. The van der Waals surface area contributed by atoms with E-state index in [1.54, 1.807) is 14.2 Å². The Balaban J connectivity index is 2.50. The lowest BCUT2D eigenvalue weighted by atomic mass is 9.85. The van der Waals surface area contributed by atoms with Gasteiger partial charge in [0.2, 0.25) is 0 Å². The fraction of sp³-hybridized carbons (Fsp3) is 0.846. The highest BCUT2D eigenvalue weighted by Crippen LogP contribution is 2.31. The van der Waals surface area contributed by atoms with Crippen molar-refractivity contribution in [3.8, 4) is 0 Å². The number of hydrogen-bond acceptors (Lipinski definition) is 4. The van der Waals surface area contributed by atoms with E-state index in [9.17, 15) is 5.11 Å². The third-order valence-corrected chi connectivity index (χ3v) is 3.02. The van der Waals surface area contributed by atoms with E-state index in [2.05, 4.69) is 0 Å². The van der Waals surface area contributed by atoms with Gasteiger partial charge < -0.3 is 19.3 Å². The van der Waals surface area contributed by atoms with Crippen molar-refractivity contribution in [3.05, 3.63) is 12.2 Å². The van der Waals surface area contributed by atoms with Gasteiger partial charge in [-0.1, -0.05) is 12.2 Å². The molecule has 0 aromatic heterocycles. The molecule has 100 valence electrons. The van der Waals surface area contributed by atoms with E-state index in [0.29, 0.717) is 32.7 Å². The van der Waals surface area contributed by atoms with Gasteiger partial charge >= 0.3 is 0 Å². The minimum absolute atomic E-state index is 0.467. The lowest BCUT2D eigenvalue weighted by Gasteiger charge is -2.34. The maximum Gasteiger partial charge on any atom is 0.113 e. The number of ether oxygens (including phenoxy) is 3. The first-order chi connectivity index (χ1) is 8.04. The molecule has 0 aromatic rings. The highest BCUT2D eigenvalue weighted by atomic mass is 16.5. The van der Waals surface area contributed by atoms with E-state index >= 15 is 0 Å². The molecule has 0 saturated heterocycles. The van der Waals surface area contributed by atoms with Gasteiger partial charge in [-0.3, -0.25) is 0 Å². The Morgan fingerprint density at radius 1 is 1.41 bits per heavy atom. The van der Waals surface area contributed by atoms with E-state index in [0.717, 1.165) is 6.42 Å². The molecular formula is C13H24O4. The van der Waals surface area contributed by atoms with Gasteiger partial charge in [-0.05, 0) is 19.8 Å². The van der Waals surface area contributed by atoms with Gasteiger partial charge in [0, 0.05) is 27.2 Å². The minimum atomic E-state index is -0.758. The Labute approximate surface area is 104 Å². The predicted molar refractivity (Wildman–Crippen MR) is 66.0 cm³/mol. The first kappa shape index (κ1) is 14.6. The van der Waals surface area contributed by atoms with E-state index in [1.165, 1.54) is 0 Å². The Morgan fingerprint density at radius 3 is 2.71 bits per heavy atom. The molecule has 1 aliphatic rings. The number of methoxy groups -OCH3 is 2. The normalized spacial score (nSPS) is 27.3. The third-order valence-electron chi connectivity index (χ3n) is 3.02. The molecule has 0 aromatic carbocycles. The average molecular weight is 244 g/mol. The van der Waals surface area contributed by atoms with Crippen LogP contribution in [-0.2, 0) is 14.2 Å². The van der Waals surface area contributed by atoms with E-state index in [1.807, 2.05) is 19.1 Å². The molecule has 0 bridgehead atoms. The van der Waals surface area contributed by atoms with Crippen molar-refractivity contribution < 1.29 is 19.3 Å². The molecule has 1 heterocycles. The molecule has 1 N–H and O–H groups in total. The Kier molecular flexibility index (Phi) is 5.59. The monoisotopic (exact) mass is 244 g/mol. The van der Waals surface area contributed by atoms with Crippen LogP contribution in [0.25, 0.3) is 0 Å². The van der Waals surface area contributed by atoms with Crippen LogP contribution in [0.5, 0.6) is 0 Å². The summed E-state index contributed by atoms with van der Waals surface area (Å²) in [5.74, 6) is 0. The molecule has 4 nitrogen and oxygen atoms in total. The lowest BCUT2D eigenvalue weighted by molar-refractivity contribution is -0.0888. The summed E-state index contributed by atoms with van der Waals surface area (Å²) in [6.07, 6.45) is 6.07. The zero-order valence-electron chi connectivity index (χ0n) is 11.1. The fourth-order valence-corrected chi connectivity index (χ4v) is 2.35. The molecule has 1 rings (SSSR count). The van der Waals surface area contributed by atoms with Crippen LogP contribution in [0.3, 0.4) is 0 Å². The van der Waals surface area contributed by atoms with E-state index < -0.39 is 11.2 Å². The summed E-state index contributed by atoms with van der Waals surface area (Å²) in [6.45, 7) is 3.58. The van der Waals surface area contributed by atoms with Crippen molar-refractivity contribution >= 4 is 0 Å². The van der Waals surface area contributed by atoms with Crippen LogP contribution in [0.4, 0.5) is 0 Å². The zero-order valence-corrected chi connectivity index (χ0v) is 11.1.